The number of nitrogens with zero attached hydrogens (tertiary/aromatic N) is 2. The third-order valence-electron chi connectivity index (χ3n) is 3.83. The van der Waals surface area contributed by atoms with Crippen molar-refractivity contribution in [1.29, 1.82) is 0 Å². The Morgan fingerprint density at radius 3 is 2.07 bits per heavy atom. The van der Waals surface area contributed by atoms with Crippen LogP contribution in [0, 0.1) is 0 Å². The number of amides is 3. The van der Waals surface area contributed by atoms with Crippen molar-refractivity contribution < 1.29 is 28.8 Å². The van der Waals surface area contributed by atoms with Gasteiger partial charge in [0.1, 0.15) is 13.2 Å². The van der Waals surface area contributed by atoms with Crippen LogP contribution < -0.4 is 0 Å². The third kappa shape index (κ3) is 3.95. The Balaban J connectivity index is 1.52. The van der Waals surface area contributed by atoms with Gasteiger partial charge in [0.15, 0.2) is 0 Å². The zero-order valence-corrected chi connectivity index (χ0v) is 14.5. The average molecular weight is 368 g/mol. The van der Waals surface area contributed by atoms with E-state index in [1.165, 1.54) is 19.2 Å². The van der Waals surface area contributed by atoms with E-state index in [1.807, 2.05) is 18.2 Å². The molecular weight excluding hydrogens is 352 g/mol. The quantitative estimate of drug-likeness (QED) is 0.750. The normalized spacial score (nSPS) is 12.6. The zero-order chi connectivity index (χ0) is 19.4. The molecule has 0 N–H and O–H groups in total. The summed E-state index contributed by atoms with van der Waals surface area (Å²) in [5, 5.41) is 0.399. The molecule has 3 rings (SSSR count). The predicted molar refractivity (Wildman–Crippen MR) is 92.3 cm³/mol. The van der Waals surface area contributed by atoms with Gasteiger partial charge in [-0.1, -0.05) is 47.5 Å². The number of hydroxylamine groups is 2. The van der Waals surface area contributed by atoms with E-state index in [0.29, 0.717) is 5.06 Å². The van der Waals surface area contributed by atoms with E-state index in [1.54, 1.807) is 24.3 Å². The lowest BCUT2D eigenvalue weighted by Gasteiger charge is -2.18. The molecule has 0 fully saturated rings. The number of rotatable bonds is 5. The number of fused-ring (bicyclic) bond motifs is 1. The van der Waals surface area contributed by atoms with E-state index in [9.17, 15) is 19.2 Å². The average Bonchev–Trinajstić information content (AvgIpc) is 2.92. The van der Waals surface area contributed by atoms with Crippen LogP contribution in [0.15, 0.2) is 54.6 Å². The minimum atomic E-state index is -0.941. The lowest BCUT2D eigenvalue weighted by atomic mass is 10.1. The summed E-state index contributed by atoms with van der Waals surface area (Å²) in [4.78, 5) is 54.1. The maximum atomic E-state index is 12.1. The lowest BCUT2D eigenvalue weighted by molar-refractivity contribution is -0.169. The van der Waals surface area contributed by atoms with E-state index in [2.05, 4.69) is 0 Å². The van der Waals surface area contributed by atoms with Gasteiger partial charge < -0.3 is 14.5 Å². The molecule has 27 heavy (non-hydrogen) atoms. The van der Waals surface area contributed by atoms with Crippen molar-refractivity contribution in [3.8, 4) is 0 Å². The largest absolute Gasteiger partial charge is 0.445 e. The van der Waals surface area contributed by atoms with Gasteiger partial charge in [-0.25, -0.2) is 9.59 Å². The van der Waals surface area contributed by atoms with Gasteiger partial charge in [0, 0.05) is 7.05 Å². The minimum absolute atomic E-state index is 0.0530. The van der Waals surface area contributed by atoms with Crippen molar-refractivity contribution >= 4 is 23.9 Å². The van der Waals surface area contributed by atoms with Crippen LogP contribution in [0.2, 0.25) is 0 Å². The summed E-state index contributed by atoms with van der Waals surface area (Å²) in [5.74, 6) is -2.39. The van der Waals surface area contributed by atoms with Crippen LogP contribution >= 0.6 is 0 Å². The molecule has 1 aliphatic rings. The van der Waals surface area contributed by atoms with E-state index in [4.69, 9.17) is 9.57 Å². The Morgan fingerprint density at radius 2 is 1.48 bits per heavy atom. The smallest absolute Gasteiger partial charge is 0.410 e. The number of carbonyl (C=O) groups is 4. The zero-order valence-electron chi connectivity index (χ0n) is 14.5. The number of hydrogen-bond donors (Lipinski definition) is 0. The first-order valence-corrected chi connectivity index (χ1v) is 8.08. The van der Waals surface area contributed by atoms with Crippen molar-refractivity contribution in [2.24, 2.45) is 0 Å². The Morgan fingerprint density at radius 1 is 0.926 bits per heavy atom. The van der Waals surface area contributed by atoms with Gasteiger partial charge in [-0.15, -0.1) is 0 Å². The van der Waals surface area contributed by atoms with Gasteiger partial charge in [-0.3, -0.25) is 9.59 Å². The fourth-order valence-electron chi connectivity index (χ4n) is 2.47. The van der Waals surface area contributed by atoms with Gasteiger partial charge in [0.05, 0.1) is 11.1 Å². The van der Waals surface area contributed by atoms with E-state index in [-0.39, 0.29) is 17.7 Å². The number of ether oxygens (including phenoxy) is 1. The van der Waals surface area contributed by atoms with Crippen LogP contribution in [0.1, 0.15) is 26.3 Å². The molecule has 0 saturated carbocycles. The first-order valence-electron chi connectivity index (χ1n) is 8.08. The molecule has 3 amide bonds. The molecule has 8 nitrogen and oxygen atoms in total. The van der Waals surface area contributed by atoms with Crippen LogP contribution in [-0.4, -0.2) is 47.4 Å². The standard InChI is InChI=1S/C19H16N2O6/c1-20(19(25)26-12-13-7-3-2-4-8-13)11-16(22)27-21-17(23)14-9-5-6-10-15(14)18(21)24/h2-10H,11-12H2,1H3. The maximum Gasteiger partial charge on any atom is 0.410 e. The molecule has 0 unspecified atom stereocenters. The van der Waals surface area contributed by atoms with Gasteiger partial charge in [0.25, 0.3) is 11.8 Å². The highest BCUT2D eigenvalue weighted by Gasteiger charge is 2.38. The first-order chi connectivity index (χ1) is 13.0. The van der Waals surface area contributed by atoms with E-state index >= 15 is 0 Å². The Hall–Kier alpha value is -3.68. The van der Waals surface area contributed by atoms with Gasteiger partial charge in [0.2, 0.25) is 0 Å². The summed E-state index contributed by atoms with van der Waals surface area (Å²) >= 11 is 0. The molecule has 2 aromatic rings. The monoisotopic (exact) mass is 368 g/mol. The van der Waals surface area contributed by atoms with Crippen LogP contribution in [0.25, 0.3) is 0 Å². The van der Waals surface area contributed by atoms with Gasteiger partial charge >= 0.3 is 12.1 Å². The number of benzene rings is 2. The number of likely N-dealkylation sites (N-methyl/N-ethyl adjacent to an activating group) is 1. The van der Waals surface area contributed by atoms with Crippen molar-refractivity contribution in [3.63, 3.8) is 0 Å². The SMILES string of the molecule is CN(CC(=O)ON1C(=O)c2ccccc2C1=O)C(=O)OCc1ccccc1. The highest BCUT2D eigenvalue weighted by molar-refractivity contribution is 6.20. The predicted octanol–water partition coefficient (Wildman–Crippen LogP) is 2.01. The summed E-state index contributed by atoms with van der Waals surface area (Å²) in [6.45, 7) is -0.432. The molecule has 0 spiro atoms. The van der Waals surface area contributed by atoms with Crippen LogP contribution in [0.5, 0.6) is 0 Å². The molecular formula is C19H16N2O6. The Labute approximate surface area is 154 Å². The molecule has 1 aliphatic heterocycles. The van der Waals surface area contributed by atoms with Gasteiger partial charge in [-0.2, -0.15) is 0 Å². The van der Waals surface area contributed by atoms with Crippen molar-refractivity contribution in [2.45, 2.75) is 6.61 Å². The molecule has 0 aromatic heterocycles. The molecule has 0 aliphatic carbocycles. The summed E-state index contributed by atoms with van der Waals surface area (Å²) < 4.78 is 5.09. The maximum absolute atomic E-state index is 12.1. The Kier molecular flexibility index (Phi) is 5.16. The van der Waals surface area contributed by atoms with Crippen molar-refractivity contribution in [1.82, 2.24) is 9.96 Å². The second-order valence-corrected chi connectivity index (χ2v) is 5.81. The molecule has 0 bridgehead atoms. The molecule has 0 atom stereocenters. The molecule has 2 aromatic carbocycles. The summed E-state index contributed by atoms with van der Waals surface area (Å²) in [7, 11) is 1.34. The summed E-state index contributed by atoms with van der Waals surface area (Å²) in [6.07, 6.45) is -0.738. The third-order valence-corrected chi connectivity index (χ3v) is 3.83. The van der Waals surface area contributed by atoms with E-state index in [0.717, 1.165) is 10.5 Å². The highest BCUT2D eigenvalue weighted by Crippen LogP contribution is 2.22. The number of hydrogen-bond acceptors (Lipinski definition) is 6. The number of carbonyl (C=O) groups excluding carboxylic acids is 4. The summed E-state index contributed by atoms with van der Waals surface area (Å²) in [6, 6.07) is 15.2. The minimum Gasteiger partial charge on any atom is -0.445 e. The molecule has 0 radical (unpaired) electrons. The Bertz CT molecular complexity index is 861. The van der Waals surface area contributed by atoms with Gasteiger partial charge in [-0.05, 0) is 17.7 Å². The van der Waals surface area contributed by atoms with Crippen LogP contribution in [0.3, 0.4) is 0 Å². The second kappa shape index (κ2) is 7.69. The fourth-order valence-corrected chi connectivity index (χ4v) is 2.47. The fraction of sp³-hybridized carbons (Fsp3) is 0.158. The molecule has 8 heteroatoms. The lowest BCUT2D eigenvalue weighted by Crippen LogP contribution is -2.39. The topological polar surface area (TPSA) is 93.2 Å². The molecule has 1 heterocycles. The van der Waals surface area contributed by atoms with E-state index < -0.39 is 30.4 Å². The van der Waals surface area contributed by atoms with Crippen molar-refractivity contribution in [3.05, 3.63) is 71.3 Å². The highest BCUT2D eigenvalue weighted by atomic mass is 16.7. The number of imide groups is 1. The van der Waals surface area contributed by atoms with Crippen LogP contribution in [0.4, 0.5) is 4.79 Å². The van der Waals surface area contributed by atoms with Crippen LogP contribution in [-0.2, 0) is 21.0 Å². The first kappa shape index (κ1) is 18.1. The summed E-state index contributed by atoms with van der Waals surface area (Å²) in [5.41, 5.74) is 1.12. The van der Waals surface area contributed by atoms with Crippen molar-refractivity contribution in [2.75, 3.05) is 13.6 Å². The molecule has 0 saturated heterocycles. The second-order valence-electron chi connectivity index (χ2n) is 5.81. The molecule has 138 valence electrons.